The van der Waals surface area contributed by atoms with Gasteiger partial charge in [-0.3, -0.25) is 14.4 Å². The number of hydrogen-bond acceptors (Lipinski definition) is 6. The number of unbranched alkanes of at least 4 members (excludes halogenated alkanes) is 40. The summed E-state index contributed by atoms with van der Waals surface area (Å²) in [5.74, 6) is -0.880. The third kappa shape index (κ3) is 65.5. The number of carbonyl (C=O) groups is 3. The van der Waals surface area contributed by atoms with Gasteiger partial charge in [0.15, 0.2) is 6.10 Å². The summed E-state index contributed by atoms with van der Waals surface area (Å²) >= 11 is 0. The van der Waals surface area contributed by atoms with E-state index in [0.29, 0.717) is 19.3 Å². The maximum atomic E-state index is 13.0. The first-order chi connectivity index (χ1) is 39.0. The average molecular weight is 1100 g/mol. The molecule has 0 N–H and O–H groups in total. The zero-order valence-corrected chi connectivity index (χ0v) is 52.6. The molecule has 0 heterocycles. The lowest BCUT2D eigenvalue weighted by Crippen LogP contribution is -2.30. The van der Waals surface area contributed by atoms with Crippen LogP contribution in [-0.2, 0) is 28.6 Å². The Hall–Kier alpha value is -3.15. The lowest BCUT2D eigenvalue weighted by molar-refractivity contribution is -0.167. The third-order valence-corrected chi connectivity index (χ3v) is 15.2. The minimum absolute atomic E-state index is 0.0810. The van der Waals surface area contributed by atoms with Crippen LogP contribution in [0.2, 0.25) is 0 Å². The van der Waals surface area contributed by atoms with Crippen molar-refractivity contribution in [2.75, 3.05) is 13.2 Å². The quantitative estimate of drug-likeness (QED) is 0.0261. The highest BCUT2D eigenvalue weighted by molar-refractivity contribution is 5.71. The minimum atomic E-state index is -0.785. The van der Waals surface area contributed by atoms with E-state index in [-0.39, 0.29) is 31.1 Å². The molecule has 0 aliphatic carbocycles. The van der Waals surface area contributed by atoms with E-state index in [9.17, 15) is 14.4 Å². The molecule has 0 rings (SSSR count). The van der Waals surface area contributed by atoms with Crippen LogP contribution in [0.25, 0.3) is 0 Å². The Kier molecular flexibility index (Phi) is 64.7. The minimum Gasteiger partial charge on any atom is -0.462 e. The summed E-state index contributed by atoms with van der Waals surface area (Å²) < 4.78 is 17.0. The van der Waals surface area contributed by atoms with Crippen molar-refractivity contribution in [2.45, 2.75) is 361 Å². The van der Waals surface area contributed by atoms with Crippen LogP contribution in [-0.4, -0.2) is 37.2 Å². The van der Waals surface area contributed by atoms with E-state index in [1.807, 2.05) is 0 Å². The van der Waals surface area contributed by atoms with Crippen molar-refractivity contribution in [1.82, 2.24) is 0 Å². The van der Waals surface area contributed by atoms with Crippen molar-refractivity contribution in [3.63, 3.8) is 0 Å². The SMILES string of the molecule is CCCCCCC/C=C\C/C=C\C/C=C\CCCCCCCCCCC(=O)OCC(COC(=O)CCCCCCC/C=C\CCCCCCCC)OC(=O)CCCCCCCCCCCCC/C=C\C/C=C\CCCCCCC. The fraction of sp³-hybridized carbons (Fsp3) is 0.795. The van der Waals surface area contributed by atoms with E-state index in [4.69, 9.17) is 14.2 Å². The van der Waals surface area contributed by atoms with Crippen molar-refractivity contribution in [3.8, 4) is 0 Å². The van der Waals surface area contributed by atoms with Gasteiger partial charge in [-0.15, -0.1) is 0 Å². The highest BCUT2D eigenvalue weighted by Crippen LogP contribution is 2.17. The molecule has 0 fully saturated rings. The smallest absolute Gasteiger partial charge is 0.306 e. The fourth-order valence-corrected chi connectivity index (χ4v) is 9.95. The molecule has 458 valence electrons. The molecule has 0 saturated carbocycles. The molecule has 0 aliphatic rings. The molecule has 0 aliphatic heterocycles. The molecule has 0 aromatic carbocycles. The van der Waals surface area contributed by atoms with Gasteiger partial charge in [-0.25, -0.2) is 0 Å². The van der Waals surface area contributed by atoms with Crippen molar-refractivity contribution >= 4 is 17.9 Å². The van der Waals surface area contributed by atoms with Gasteiger partial charge < -0.3 is 14.2 Å². The molecule has 0 bridgehead atoms. The zero-order valence-electron chi connectivity index (χ0n) is 52.6. The van der Waals surface area contributed by atoms with Crippen molar-refractivity contribution < 1.29 is 28.6 Å². The van der Waals surface area contributed by atoms with Crippen molar-refractivity contribution in [2.24, 2.45) is 0 Å². The van der Waals surface area contributed by atoms with Crippen LogP contribution in [0, 0.1) is 0 Å². The Morgan fingerprint density at radius 2 is 0.456 bits per heavy atom. The second-order valence-electron chi connectivity index (χ2n) is 23.1. The summed E-state index contributed by atoms with van der Waals surface area (Å²) in [4.78, 5) is 38.4. The van der Waals surface area contributed by atoms with Gasteiger partial charge in [0.2, 0.25) is 0 Å². The Morgan fingerprint density at radius 1 is 0.253 bits per heavy atom. The predicted octanol–water partition coefficient (Wildman–Crippen LogP) is 23.7. The van der Waals surface area contributed by atoms with E-state index in [1.54, 1.807) is 0 Å². The second-order valence-corrected chi connectivity index (χ2v) is 23.1. The molecule has 6 nitrogen and oxygen atoms in total. The average Bonchev–Trinajstić information content (AvgIpc) is 3.45. The highest BCUT2D eigenvalue weighted by Gasteiger charge is 2.19. The molecule has 6 heteroatoms. The molecule has 0 amide bonds. The normalized spacial score (nSPS) is 12.5. The van der Waals surface area contributed by atoms with Crippen LogP contribution >= 0.6 is 0 Å². The first kappa shape index (κ1) is 75.8. The van der Waals surface area contributed by atoms with E-state index in [0.717, 1.165) is 89.9 Å². The van der Waals surface area contributed by atoms with Gasteiger partial charge in [0, 0.05) is 19.3 Å². The van der Waals surface area contributed by atoms with E-state index >= 15 is 0 Å². The summed E-state index contributed by atoms with van der Waals surface area (Å²) in [6.45, 7) is 6.64. The van der Waals surface area contributed by atoms with Crippen molar-refractivity contribution in [3.05, 3.63) is 72.9 Å². The summed E-state index contributed by atoms with van der Waals surface area (Å²) in [5.41, 5.74) is 0. The maximum Gasteiger partial charge on any atom is 0.306 e. The molecular formula is C73H130O6. The van der Waals surface area contributed by atoms with Gasteiger partial charge in [0.05, 0.1) is 0 Å². The number of ether oxygens (including phenoxy) is 3. The van der Waals surface area contributed by atoms with Crippen LogP contribution in [0.4, 0.5) is 0 Å². The van der Waals surface area contributed by atoms with Gasteiger partial charge in [-0.1, -0.05) is 293 Å². The molecule has 1 unspecified atom stereocenters. The summed E-state index contributed by atoms with van der Waals surface area (Å²) in [6, 6.07) is 0. The molecule has 0 aromatic heterocycles. The lowest BCUT2D eigenvalue weighted by atomic mass is 10.0. The van der Waals surface area contributed by atoms with Crippen LogP contribution in [0.15, 0.2) is 72.9 Å². The summed E-state index contributed by atoms with van der Waals surface area (Å²) in [5, 5.41) is 0. The number of hydrogen-bond donors (Lipinski definition) is 0. The van der Waals surface area contributed by atoms with E-state index in [1.165, 1.54) is 225 Å². The molecule has 0 spiro atoms. The molecule has 79 heavy (non-hydrogen) atoms. The maximum absolute atomic E-state index is 13.0. The monoisotopic (exact) mass is 1100 g/mol. The lowest BCUT2D eigenvalue weighted by Gasteiger charge is -2.18. The molecule has 1 atom stereocenters. The summed E-state index contributed by atoms with van der Waals surface area (Å²) in [7, 11) is 0. The van der Waals surface area contributed by atoms with E-state index < -0.39 is 6.10 Å². The number of rotatable bonds is 63. The van der Waals surface area contributed by atoms with Gasteiger partial charge >= 0.3 is 17.9 Å². The number of carbonyl (C=O) groups excluding carboxylic acids is 3. The molecule has 0 saturated heterocycles. The Labute approximate surface area is 491 Å². The van der Waals surface area contributed by atoms with Crippen LogP contribution in [0.5, 0.6) is 0 Å². The molecular weight excluding hydrogens is 973 g/mol. The zero-order chi connectivity index (χ0) is 57.1. The first-order valence-corrected chi connectivity index (χ1v) is 34.4. The van der Waals surface area contributed by atoms with Gasteiger partial charge in [0.25, 0.3) is 0 Å². The van der Waals surface area contributed by atoms with Crippen LogP contribution < -0.4 is 0 Å². The Bertz CT molecular complexity index is 1450. The Morgan fingerprint density at radius 3 is 0.722 bits per heavy atom. The van der Waals surface area contributed by atoms with Gasteiger partial charge in [-0.2, -0.15) is 0 Å². The van der Waals surface area contributed by atoms with Crippen LogP contribution in [0.1, 0.15) is 355 Å². The largest absolute Gasteiger partial charge is 0.462 e. The van der Waals surface area contributed by atoms with Gasteiger partial charge in [-0.05, 0) is 116 Å². The van der Waals surface area contributed by atoms with Crippen molar-refractivity contribution in [1.29, 1.82) is 0 Å². The standard InChI is InChI=1S/C73H130O6/c1-4-7-10-13-16-19-22-25-28-30-32-34-36-38-40-42-45-48-51-54-57-60-63-66-72(75)78-69-70(68-77-71(74)65-62-59-56-53-50-47-44-27-24-21-18-15-12-9-6-3)79-73(76)67-64-61-58-55-52-49-46-43-41-39-37-35-33-31-29-26-23-20-17-14-11-8-5-2/h22-23,25-27,30-33,36,38,44,70H,4-21,24,28-29,34-35,37,39-43,45-69H2,1-3H3/b25-22-,26-23-,32-30-,33-31-,38-36-,44-27-. The highest BCUT2D eigenvalue weighted by atomic mass is 16.6. The molecule has 0 radical (unpaired) electrons. The Balaban J connectivity index is 4.35. The predicted molar refractivity (Wildman–Crippen MR) is 344 cm³/mol. The fourth-order valence-electron chi connectivity index (χ4n) is 9.95. The second kappa shape index (κ2) is 67.4. The molecule has 0 aromatic rings. The third-order valence-electron chi connectivity index (χ3n) is 15.2. The number of allylic oxidation sites excluding steroid dienone is 12. The van der Waals surface area contributed by atoms with Crippen LogP contribution in [0.3, 0.4) is 0 Å². The van der Waals surface area contributed by atoms with Gasteiger partial charge in [0.1, 0.15) is 13.2 Å². The van der Waals surface area contributed by atoms with E-state index in [2.05, 4.69) is 93.7 Å². The first-order valence-electron chi connectivity index (χ1n) is 34.4. The summed E-state index contributed by atoms with van der Waals surface area (Å²) in [6.07, 6.45) is 87.7. The topological polar surface area (TPSA) is 78.9 Å². The number of esters is 3.